The fourth-order valence-electron chi connectivity index (χ4n) is 3.04. The quantitative estimate of drug-likeness (QED) is 0.558. The first-order valence-electron chi connectivity index (χ1n) is 9.57. The molecule has 158 valence electrons. The molecule has 10 heteroatoms. The molecule has 1 aromatic carbocycles. The number of ether oxygens (including phenoxy) is 2. The maximum absolute atomic E-state index is 12.4. The number of carbonyl (C=O) groups is 3. The lowest BCUT2D eigenvalue weighted by molar-refractivity contribution is 0.0691. The van der Waals surface area contributed by atoms with E-state index in [4.69, 9.17) is 9.47 Å². The minimum absolute atomic E-state index is 0.0689. The number of nitrogens with one attached hydrogen (secondary N) is 2. The molecule has 1 fully saturated rings. The van der Waals surface area contributed by atoms with Gasteiger partial charge in [0.25, 0.3) is 17.4 Å². The van der Waals surface area contributed by atoms with Crippen LogP contribution in [-0.4, -0.2) is 58.8 Å². The van der Waals surface area contributed by atoms with Gasteiger partial charge < -0.3 is 19.7 Å². The number of hydrogen-bond donors (Lipinski definition) is 2. The second kappa shape index (κ2) is 9.68. The third kappa shape index (κ3) is 5.43. The average molecular weight is 414 g/mol. The van der Waals surface area contributed by atoms with Crippen LogP contribution in [0.5, 0.6) is 5.75 Å². The molecule has 0 bridgehead atoms. The van der Waals surface area contributed by atoms with E-state index in [1.165, 1.54) is 24.3 Å². The van der Waals surface area contributed by atoms with Gasteiger partial charge in [-0.2, -0.15) is 5.10 Å². The zero-order chi connectivity index (χ0) is 21.5. The third-order valence-corrected chi connectivity index (χ3v) is 4.60. The van der Waals surface area contributed by atoms with E-state index >= 15 is 0 Å². The highest BCUT2D eigenvalue weighted by Gasteiger charge is 2.25. The Kier molecular flexibility index (Phi) is 6.79. The maximum Gasteiger partial charge on any atom is 0.513 e. The van der Waals surface area contributed by atoms with Crippen molar-refractivity contribution in [2.75, 3.05) is 19.7 Å². The lowest BCUT2D eigenvalue weighted by atomic mass is 10.0. The van der Waals surface area contributed by atoms with E-state index < -0.39 is 6.16 Å². The monoisotopic (exact) mass is 414 g/mol. The van der Waals surface area contributed by atoms with Gasteiger partial charge in [-0.1, -0.05) is 0 Å². The molecule has 1 aromatic heterocycles. The van der Waals surface area contributed by atoms with Crippen molar-refractivity contribution in [3.05, 3.63) is 58.0 Å². The second-order valence-corrected chi connectivity index (χ2v) is 6.66. The molecule has 10 nitrogen and oxygen atoms in total. The molecule has 1 aliphatic heterocycles. The summed E-state index contributed by atoms with van der Waals surface area (Å²) in [6.07, 6.45) is 0.406. The Labute approximate surface area is 172 Å². The highest BCUT2D eigenvalue weighted by molar-refractivity contribution is 5.94. The van der Waals surface area contributed by atoms with Crippen LogP contribution in [0.25, 0.3) is 0 Å². The molecule has 2 aromatic rings. The summed E-state index contributed by atoms with van der Waals surface area (Å²) in [5, 5.41) is 8.96. The molecular formula is C20H22N4O6. The number of H-pyrrole nitrogens is 1. The summed E-state index contributed by atoms with van der Waals surface area (Å²) in [6, 6.07) is 8.74. The maximum atomic E-state index is 12.4. The Morgan fingerprint density at radius 3 is 2.43 bits per heavy atom. The Balaban J connectivity index is 1.49. The zero-order valence-corrected chi connectivity index (χ0v) is 16.4. The fraction of sp³-hybridized carbons (Fsp3) is 0.350. The Hall–Kier alpha value is -3.69. The summed E-state index contributed by atoms with van der Waals surface area (Å²) >= 11 is 0. The molecular weight excluding hydrogens is 392 g/mol. The summed E-state index contributed by atoms with van der Waals surface area (Å²) < 4.78 is 9.66. The van der Waals surface area contributed by atoms with Gasteiger partial charge in [0.15, 0.2) is 0 Å². The highest BCUT2D eigenvalue weighted by Crippen LogP contribution is 2.16. The first-order chi connectivity index (χ1) is 14.5. The number of nitrogens with zero attached hydrogens (tertiary/aromatic N) is 2. The largest absolute Gasteiger partial charge is 0.513 e. The Morgan fingerprint density at radius 1 is 1.13 bits per heavy atom. The molecule has 2 heterocycles. The van der Waals surface area contributed by atoms with Crippen molar-refractivity contribution in [3.63, 3.8) is 0 Å². The van der Waals surface area contributed by atoms with Gasteiger partial charge in [-0.15, -0.1) is 0 Å². The van der Waals surface area contributed by atoms with Crippen LogP contribution in [0.1, 0.15) is 40.6 Å². The Morgan fingerprint density at radius 2 is 1.83 bits per heavy atom. The number of carbonyl (C=O) groups excluding carboxylic acids is 3. The molecule has 30 heavy (non-hydrogen) atoms. The van der Waals surface area contributed by atoms with Crippen molar-refractivity contribution < 1.29 is 23.9 Å². The summed E-state index contributed by atoms with van der Waals surface area (Å²) in [6.45, 7) is 2.83. The topological polar surface area (TPSA) is 131 Å². The molecule has 1 aliphatic rings. The molecule has 0 aliphatic carbocycles. The normalized spacial score (nSPS) is 14.1. The van der Waals surface area contributed by atoms with Crippen LogP contribution in [0.15, 0.2) is 41.2 Å². The van der Waals surface area contributed by atoms with Gasteiger partial charge in [0.05, 0.1) is 6.61 Å². The van der Waals surface area contributed by atoms with Crippen LogP contribution >= 0.6 is 0 Å². The fourth-order valence-corrected chi connectivity index (χ4v) is 3.04. The number of piperidine rings is 1. The van der Waals surface area contributed by atoms with Gasteiger partial charge in [0.2, 0.25) is 0 Å². The molecule has 0 unspecified atom stereocenters. The number of amides is 2. The van der Waals surface area contributed by atoms with Gasteiger partial charge in [-0.3, -0.25) is 14.4 Å². The number of aromatic amines is 1. The SMILES string of the molecule is CCOC(=O)Oc1ccc(C(=O)NC2CCN(C(=O)c3ccc(=O)[nH]n3)CC2)cc1. The molecule has 2 amide bonds. The van der Waals surface area contributed by atoms with Crippen molar-refractivity contribution in [1.82, 2.24) is 20.4 Å². The summed E-state index contributed by atoms with van der Waals surface area (Å²) in [7, 11) is 0. The number of benzene rings is 1. The zero-order valence-electron chi connectivity index (χ0n) is 16.4. The Bertz CT molecular complexity index is 944. The third-order valence-electron chi connectivity index (χ3n) is 4.60. The highest BCUT2D eigenvalue weighted by atomic mass is 16.7. The van der Waals surface area contributed by atoms with Gasteiger partial charge >= 0.3 is 6.16 Å². The van der Waals surface area contributed by atoms with Crippen LogP contribution in [0.4, 0.5) is 4.79 Å². The lowest BCUT2D eigenvalue weighted by Gasteiger charge is -2.32. The van der Waals surface area contributed by atoms with E-state index in [-0.39, 0.29) is 41.5 Å². The van der Waals surface area contributed by atoms with Crippen LogP contribution in [0, 0.1) is 0 Å². The minimum atomic E-state index is -0.798. The van der Waals surface area contributed by atoms with Crippen LogP contribution in [0.2, 0.25) is 0 Å². The van der Waals surface area contributed by atoms with Crippen molar-refractivity contribution in [1.29, 1.82) is 0 Å². The standard InChI is InChI=1S/C20H22N4O6/c1-2-29-20(28)30-15-5-3-13(4-6-15)18(26)21-14-9-11-24(12-10-14)19(27)16-7-8-17(25)23-22-16/h3-8,14H,2,9-12H2,1H3,(H,21,26)(H,23,25). The van der Waals surface area contributed by atoms with Crippen molar-refractivity contribution in [2.24, 2.45) is 0 Å². The van der Waals surface area contributed by atoms with Gasteiger partial charge in [-0.25, -0.2) is 9.89 Å². The van der Waals surface area contributed by atoms with Crippen LogP contribution in [-0.2, 0) is 4.74 Å². The average Bonchev–Trinajstić information content (AvgIpc) is 2.75. The van der Waals surface area contributed by atoms with Crippen molar-refractivity contribution in [2.45, 2.75) is 25.8 Å². The molecule has 0 spiro atoms. The predicted octanol–water partition coefficient (Wildman–Crippen LogP) is 1.34. The van der Waals surface area contributed by atoms with Crippen LogP contribution in [0.3, 0.4) is 0 Å². The van der Waals surface area contributed by atoms with Crippen molar-refractivity contribution >= 4 is 18.0 Å². The predicted molar refractivity (Wildman–Crippen MR) is 105 cm³/mol. The second-order valence-electron chi connectivity index (χ2n) is 6.66. The number of rotatable bonds is 5. The first kappa shape index (κ1) is 21.0. The van der Waals surface area contributed by atoms with Gasteiger partial charge in [0, 0.05) is 30.8 Å². The smallest absolute Gasteiger partial charge is 0.434 e. The molecule has 2 N–H and O–H groups in total. The number of likely N-dealkylation sites (tertiary alicyclic amines) is 1. The van der Waals surface area contributed by atoms with Gasteiger partial charge in [0.1, 0.15) is 11.4 Å². The van der Waals surface area contributed by atoms with E-state index in [1.54, 1.807) is 24.0 Å². The van der Waals surface area contributed by atoms with E-state index in [0.717, 1.165) is 0 Å². The summed E-state index contributed by atoms with van der Waals surface area (Å²) in [4.78, 5) is 48.9. The minimum Gasteiger partial charge on any atom is -0.434 e. The summed E-state index contributed by atoms with van der Waals surface area (Å²) in [5.74, 6) is -0.217. The number of aromatic nitrogens is 2. The summed E-state index contributed by atoms with van der Waals surface area (Å²) in [5.41, 5.74) is 0.248. The van der Waals surface area contributed by atoms with E-state index in [2.05, 4.69) is 15.5 Å². The van der Waals surface area contributed by atoms with Crippen molar-refractivity contribution in [3.8, 4) is 5.75 Å². The van der Waals surface area contributed by atoms with E-state index in [9.17, 15) is 19.2 Å². The first-order valence-corrected chi connectivity index (χ1v) is 9.57. The van der Waals surface area contributed by atoms with Gasteiger partial charge in [-0.05, 0) is 50.1 Å². The van der Waals surface area contributed by atoms with Crippen LogP contribution < -0.4 is 15.6 Å². The molecule has 3 rings (SSSR count). The molecule has 1 saturated heterocycles. The van der Waals surface area contributed by atoms with E-state index in [0.29, 0.717) is 31.5 Å². The lowest BCUT2D eigenvalue weighted by Crippen LogP contribution is -2.46. The molecule has 0 atom stereocenters. The molecule has 0 saturated carbocycles. The number of hydrogen-bond acceptors (Lipinski definition) is 7. The molecule has 0 radical (unpaired) electrons. The van der Waals surface area contributed by atoms with E-state index in [1.807, 2.05) is 0 Å².